The Morgan fingerprint density at radius 3 is 2.64 bits per heavy atom. The van der Waals surface area contributed by atoms with Crippen molar-refractivity contribution in [3.8, 4) is 10.9 Å². The summed E-state index contributed by atoms with van der Waals surface area (Å²) in [7, 11) is 1.57. The first kappa shape index (κ1) is 18.2. The van der Waals surface area contributed by atoms with Gasteiger partial charge in [0.1, 0.15) is 5.75 Å². The lowest BCUT2D eigenvalue weighted by atomic mass is 10.1. The van der Waals surface area contributed by atoms with Gasteiger partial charge < -0.3 is 10.1 Å². The molecule has 4 rings (SSSR count). The third-order valence-corrected chi connectivity index (χ3v) is 5.39. The highest BCUT2D eigenvalue weighted by Gasteiger charge is 2.20. The van der Waals surface area contributed by atoms with Gasteiger partial charge in [0.25, 0.3) is 5.91 Å². The van der Waals surface area contributed by atoms with Gasteiger partial charge in [-0.2, -0.15) is 5.10 Å². The summed E-state index contributed by atoms with van der Waals surface area (Å²) in [5, 5.41) is 8.19. The van der Waals surface area contributed by atoms with Crippen molar-refractivity contribution >= 4 is 33.1 Å². The molecule has 0 saturated carbocycles. The van der Waals surface area contributed by atoms with Crippen LogP contribution in [0.15, 0.2) is 54.6 Å². The Kier molecular flexibility index (Phi) is 4.83. The monoisotopic (exact) mass is 392 g/mol. The molecule has 1 N–H and O–H groups in total. The summed E-state index contributed by atoms with van der Waals surface area (Å²) >= 11 is 1.55. The number of nitrogens with zero attached hydrogens (tertiary/aromatic N) is 3. The molecule has 4 aromatic rings. The molecule has 1 amide bonds. The highest BCUT2D eigenvalue weighted by molar-refractivity contribution is 7.20. The highest BCUT2D eigenvalue weighted by atomic mass is 32.1. The van der Waals surface area contributed by atoms with E-state index in [2.05, 4.69) is 29.2 Å². The molecule has 0 aliphatic heterocycles. The molecule has 2 aromatic heterocycles. The summed E-state index contributed by atoms with van der Waals surface area (Å²) in [5.41, 5.74) is 2.81. The second kappa shape index (κ2) is 7.44. The van der Waals surface area contributed by atoms with Crippen LogP contribution < -0.4 is 10.1 Å². The average molecular weight is 392 g/mol. The van der Waals surface area contributed by atoms with Crippen LogP contribution in [0.1, 0.15) is 35.9 Å². The molecule has 2 heterocycles. The SMILES string of the molecule is COc1ccccc1NC(=O)c1cc(C(C)C)n(-c2nc3ccccc3s2)n1. The molecule has 0 unspecified atom stereocenters. The van der Waals surface area contributed by atoms with Gasteiger partial charge in [-0.25, -0.2) is 9.67 Å². The van der Waals surface area contributed by atoms with Crippen molar-refractivity contribution in [2.75, 3.05) is 12.4 Å². The van der Waals surface area contributed by atoms with Crippen LogP contribution >= 0.6 is 11.3 Å². The lowest BCUT2D eigenvalue weighted by Gasteiger charge is -2.08. The molecule has 142 valence electrons. The number of carbonyl (C=O) groups is 1. The van der Waals surface area contributed by atoms with Crippen LogP contribution in [-0.4, -0.2) is 27.8 Å². The fourth-order valence-electron chi connectivity index (χ4n) is 2.96. The van der Waals surface area contributed by atoms with Crippen molar-refractivity contribution in [3.63, 3.8) is 0 Å². The van der Waals surface area contributed by atoms with E-state index in [0.29, 0.717) is 17.1 Å². The molecule has 2 aromatic carbocycles. The van der Waals surface area contributed by atoms with Gasteiger partial charge in [0.15, 0.2) is 5.69 Å². The topological polar surface area (TPSA) is 69.0 Å². The minimum Gasteiger partial charge on any atom is -0.495 e. The van der Waals surface area contributed by atoms with Gasteiger partial charge in [-0.1, -0.05) is 49.4 Å². The van der Waals surface area contributed by atoms with Crippen molar-refractivity contribution in [1.82, 2.24) is 14.8 Å². The maximum atomic E-state index is 12.8. The first-order valence-corrected chi connectivity index (χ1v) is 9.78. The third kappa shape index (κ3) is 3.36. The van der Waals surface area contributed by atoms with Crippen molar-refractivity contribution in [3.05, 3.63) is 66.0 Å². The van der Waals surface area contributed by atoms with Crippen LogP contribution in [0.25, 0.3) is 15.3 Å². The minimum atomic E-state index is -0.286. The van der Waals surface area contributed by atoms with Crippen LogP contribution in [0, 0.1) is 0 Å². The van der Waals surface area contributed by atoms with E-state index in [9.17, 15) is 4.79 Å². The Morgan fingerprint density at radius 2 is 1.89 bits per heavy atom. The number of nitrogens with one attached hydrogen (secondary N) is 1. The Bertz CT molecular complexity index is 1110. The zero-order valence-electron chi connectivity index (χ0n) is 15.8. The zero-order chi connectivity index (χ0) is 19.7. The maximum absolute atomic E-state index is 12.8. The summed E-state index contributed by atoms with van der Waals surface area (Å²) in [5.74, 6) is 0.504. The standard InChI is InChI=1S/C21H20N4O2S/c1-13(2)17-12-16(20(26)22-14-8-4-6-10-18(14)27-3)24-25(17)21-23-15-9-5-7-11-19(15)28-21/h4-13H,1-3H3,(H,22,26). The van der Waals surface area contributed by atoms with Crippen LogP contribution in [0.5, 0.6) is 5.75 Å². The van der Waals surface area contributed by atoms with Crippen LogP contribution in [-0.2, 0) is 0 Å². The van der Waals surface area contributed by atoms with Crippen molar-refractivity contribution in [2.45, 2.75) is 19.8 Å². The molecule has 28 heavy (non-hydrogen) atoms. The second-order valence-electron chi connectivity index (χ2n) is 6.64. The van der Waals surface area contributed by atoms with Crippen LogP contribution in [0.2, 0.25) is 0 Å². The molecule has 0 atom stereocenters. The predicted molar refractivity (Wildman–Crippen MR) is 112 cm³/mol. The van der Waals surface area contributed by atoms with Gasteiger partial charge >= 0.3 is 0 Å². The number of thiazole rings is 1. The number of fused-ring (bicyclic) bond motifs is 1. The zero-order valence-corrected chi connectivity index (χ0v) is 16.7. The van der Waals surface area contributed by atoms with Gasteiger partial charge in [-0.15, -0.1) is 0 Å². The van der Waals surface area contributed by atoms with Crippen LogP contribution in [0.4, 0.5) is 5.69 Å². The number of hydrogen-bond acceptors (Lipinski definition) is 5. The Hall–Kier alpha value is -3.19. The normalized spacial score (nSPS) is 11.1. The van der Waals surface area contributed by atoms with Gasteiger partial charge in [-0.05, 0) is 36.2 Å². The number of para-hydroxylation sites is 3. The molecule has 0 aliphatic carbocycles. The van der Waals surface area contributed by atoms with E-state index in [4.69, 9.17) is 4.74 Å². The number of ether oxygens (including phenoxy) is 1. The molecular formula is C21H20N4O2S. The number of rotatable bonds is 5. The van der Waals surface area contributed by atoms with E-state index in [-0.39, 0.29) is 11.8 Å². The summed E-state index contributed by atoms with van der Waals surface area (Å²) in [6, 6.07) is 17.1. The summed E-state index contributed by atoms with van der Waals surface area (Å²) < 4.78 is 8.16. The fourth-order valence-corrected chi connectivity index (χ4v) is 3.89. The molecule has 0 bridgehead atoms. The number of amides is 1. The van der Waals surface area contributed by atoms with Gasteiger partial charge in [0.05, 0.1) is 28.7 Å². The van der Waals surface area contributed by atoms with E-state index >= 15 is 0 Å². The number of anilines is 1. The average Bonchev–Trinajstić information content (AvgIpc) is 3.32. The second-order valence-corrected chi connectivity index (χ2v) is 7.65. The highest BCUT2D eigenvalue weighted by Crippen LogP contribution is 2.28. The molecule has 7 heteroatoms. The van der Waals surface area contributed by atoms with Gasteiger partial charge in [0, 0.05) is 0 Å². The lowest BCUT2D eigenvalue weighted by Crippen LogP contribution is -2.13. The van der Waals surface area contributed by atoms with E-state index in [1.807, 2.05) is 42.5 Å². The molecule has 0 aliphatic rings. The molecule has 0 spiro atoms. The van der Waals surface area contributed by atoms with Crippen LogP contribution in [0.3, 0.4) is 0 Å². The van der Waals surface area contributed by atoms with Gasteiger partial charge in [0.2, 0.25) is 5.13 Å². The van der Waals surface area contributed by atoms with E-state index in [0.717, 1.165) is 21.0 Å². The number of benzene rings is 2. The van der Waals surface area contributed by atoms with Crippen molar-refractivity contribution < 1.29 is 9.53 Å². The fraction of sp³-hybridized carbons (Fsp3) is 0.190. The largest absolute Gasteiger partial charge is 0.495 e. The molecular weight excluding hydrogens is 372 g/mol. The number of carbonyl (C=O) groups excluding carboxylic acids is 1. The Labute approximate surface area is 166 Å². The number of aromatic nitrogens is 3. The summed E-state index contributed by atoms with van der Waals surface area (Å²) in [6.45, 7) is 4.14. The predicted octanol–water partition coefficient (Wildman–Crippen LogP) is 4.87. The molecule has 6 nitrogen and oxygen atoms in total. The molecule has 0 fully saturated rings. The van der Waals surface area contributed by atoms with E-state index < -0.39 is 0 Å². The van der Waals surface area contributed by atoms with Crippen molar-refractivity contribution in [2.24, 2.45) is 0 Å². The first-order valence-electron chi connectivity index (χ1n) is 8.97. The molecule has 0 radical (unpaired) electrons. The van der Waals surface area contributed by atoms with Gasteiger partial charge in [-0.3, -0.25) is 4.79 Å². The van der Waals surface area contributed by atoms with Crippen molar-refractivity contribution in [1.29, 1.82) is 0 Å². The molecule has 0 saturated heterocycles. The third-order valence-electron chi connectivity index (χ3n) is 4.38. The maximum Gasteiger partial charge on any atom is 0.276 e. The smallest absolute Gasteiger partial charge is 0.276 e. The quantitative estimate of drug-likeness (QED) is 0.526. The summed E-state index contributed by atoms with van der Waals surface area (Å²) in [6.07, 6.45) is 0. The Balaban J connectivity index is 1.71. The van der Waals surface area contributed by atoms with E-state index in [1.165, 1.54) is 0 Å². The number of hydrogen-bond donors (Lipinski definition) is 1. The first-order chi connectivity index (χ1) is 13.6. The van der Waals surface area contributed by atoms with E-state index in [1.54, 1.807) is 35.3 Å². The Morgan fingerprint density at radius 1 is 1.14 bits per heavy atom. The number of methoxy groups -OCH3 is 1. The minimum absolute atomic E-state index is 0.187. The lowest BCUT2D eigenvalue weighted by molar-refractivity contribution is 0.102. The summed E-state index contributed by atoms with van der Waals surface area (Å²) in [4.78, 5) is 17.5.